The number of carbonyl (C=O) groups excluding carboxylic acids is 2. The number of amidine groups is 1. The van der Waals surface area contributed by atoms with Gasteiger partial charge < -0.3 is 30.9 Å². The zero-order chi connectivity index (χ0) is 30.8. The maximum absolute atomic E-state index is 13.9. The van der Waals surface area contributed by atoms with Gasteiger partial charge in [-0.15, -0.1) is 0 Å². The van der Waals surface area contributed by atoms with Crippen LogP contribution in [0, 0.1) is 17.3 Å². The molecule has 3 aromatic rings. The second-order valence-electron chi connectivity index (χ2n) is 11.8. The van der Waals surface area contributed by atoms with Crippen molar-refractivity contribution in [3.05, 3.63) is 70.9 Å². The predicted octanol–water partition coefficient (Wildman–Crippen LogP) is 5.41. The van der Waals surface area contributed by atoms with Crippen LogP contribution in [-0.4, -0.2) is 52.2 Å². The molecule has 2 aromatic carbocycles. The predicted molar refractivity (Wildman–Crippen MR) is 152 cm³/mol. The van der Waals surface area contributed by atoms with Crippen molar-refractivity contribution in [2.75, 3.05) is 19.7 Å². The molecule has 0 spiro atoms. The minimum absolute atomic E-state index is 0.0606. The summed E-state index contributed by atoms with van der Waals surface area (Å²) >= 11 is 0. The Balaban J connectivity index is 1.63. The van der Waals surface area contributed by atoms with E-state index < -0.39 is 17.8 Å². The van der Waals surface area contributed by atoms with Crippen molar-refractivity contribution in [2.24, 2.45) is 33.9 Å². The van der Waals surface area contributed by atoms with Crippen LogP contribution in [0.5, 0.6) is 0 Å². The highest BCUT2D eigenvalue weighted by molar-refractivity contribution is 6.03. The molecule has 2 amide bonds. The fraction of sp³-hybridized carbons (Fsp3) is 0.433. The number of ether oxygens (including phenoxy) is 1. The molecule has 0 radical (unpaired) electrons. The number of hydrogen-bond donors (Lipinski definition) is 3. The van der Waals surface area contributed by atoms with Crippen molar-refractivity contribution in [3.63, 3.8) is 0 Å². The summed E-state index contributed by atoms with van der Waals surface area (Å²) < 4.78 is 46.3. The number of nitrogens with zero attached hydrogens (tertiary/aromatic N) is 3. The first kappa shape index (κ1) is 30.7. The highest BCUT2D eigenvalue weighted by Crippen LogP contribution is 2.38. The number of aromatic nitrogens is 1. The van der Waals surface area contributed by atoms with Gasteiger partial charge in [0.1, 0.15) is 5.69 Å². The Morgan fingerprint density at radius 3 is 2.24 bits per heavy atom. The molecule has 4 rings (SSSR count). The van der Waals surface area contributed by atoms with E-state index in [9.17, 15) is 22.8 Å². The van der Waals surface area contributed by atoms with Crippen LogP contribution in [0.1, 0.15) is 60.8 Å². The van der Waals surface area contributed by atoms with Gasteiger partial charge in [-0.1, -0.05) is 50.2 Å². The van der Waals surface area contributed by atoms with Gasteiger partial charge in [0.25, 0.3) is 5.91 Å². The number of benzene rings is 2. The summed E-state index contributed by atoms with van der Waals surface area (Å²) in [6.07, 6.45) is -3.85. The molecule has 5 N–H and O–H groups in total. The lowest BCUT2D eigenvalue weighted by Crippen LogP contribution is -2.44. The van der Waals surface area contributed by atoms with Gasteiger partial charge >= 0.3 is 12.3 Å². The molecule has 226 valence electrons. The van der Waals surface area contributed by atoms with Crippen LogP contribution in [0.15, 0.2) is 53.7 Å². The molecule has 0 aliphatic carbocycles. The van der Waals surface area contributed by atoms with Gasteiger partial charge in [-0.05, 0) is 54.0 Å². The summed E-state index contributed by atoms with van der Waals surface area (Å²) in [5.74, 6) is -0.0365. The number of amides is 2. The molecule has 42 heavy (non-hydrogen) atoms. The van der Waals surface area contributed by atoms with Gasteiger partial charge in [-0.3, -0.25) is 4.79 Å². The van der Waals surface area contributed by atoms with E-state index in [0.29, 0.717) is 48.3 Å². The van der Waals surface area contributed by atoms with Crippen molar-refractivity contribution >= 4 is 28.7 Å². The monoisotopic (exact) mass is 587 g/mol. The molecule has 1 aromatic heterocycles. The molecule has 1 fully saturated rings. The first-order valence-electron chi connectivity index (χ1n) is 13.7. The SMILES string of the molecule is CC(C)(C)C(COC(N)=O)C1CCN(C(=O)c2cc3ccc(C(N)=NO)cc3n2Cc2ccc(C(F)(F)F)cc2)CC1. The molecule has 1 aliphatic heterocycles. The van der Waals surface area contributed by atoms with Crippen LogP contribution in [0.2, 0.25) is 0 Å². The van der Waals surface area contributed by atoms with Crippen LogP contribution in [0.3, 0.4) is 0 Å². The number of rotatable bonds is 7. The first-order chi connectivity index (χ1) is 19.7. The first-order valence-corrected chi connectivity index (χ1v) is 13.7. The third-order valence-corrected chi connectivity index (χ3v) is 8.06. The summed E-state index contributed by atoms with van der Waals surface area (Å²) in [4.78, 5) is 26.9. The molecule has 0 bridgehead atoms. The van der Waals surface area contributed by atoms with Crippen molar-refractivity contribution in [2.45, 2.75) is 46.3 Å². The quantitative estimate of drug-likeness (QED) is 0.147. The third kappa shape index (κ3) is 6.80. The Hall–Kier alpha value is -4.22. The van der Waals surface area contributed by atoms with E-state index in [-0.39, 0.29) is 42.1 Å². The zero-order valence-electron chi connectivity index (χ0n) is 23.8. The standard InChI is InChI=1S/C30H36F3N5O4/c1-29(2,3)23(17-42-28(35)40)19-10-12-37(13-11-19)27(39)25-14-20-6-7-21(26(34)36-41)15-24(20)38(25)16-18-4-8-22(9-5-18)30(31,32)33/h4-9,14-15,19,23,41H,10-13,16-17H2,1-3H3,(H2,34,36)(H2,35,40). The maximum atomic E-state index is 13.9. The highest BCUT2D eigenvalue weighted by Gasteiger charge is 2.37. The number of carbonyl (C=O) groups is 2. The number of likely N-dealkylation sites (tertiary alicyclic amines) is 1. The zero-order valence-corrected chi connectivity index (χ0v) is 23.8. The second kappa shape index (κ2) is 11.9. The smallest absolute Gasteiger partial charge is 0.416 e. The van der Waals surface area contributed by atoms with Crippen molar-refractivity contribution in [3.8, 4) is 0 Å². The van der Waals surface area contributed by atoms with Crippen molar-refractivity contribution < 1.29 is 32.7 Å². The Morgan fingerprint density at radius 2 is 1.69 bits per heavy atom. The molecular weight excluding hydrogens is 551 g/mol. The summed E-state index contributed by atoms with van der Waals surface area (Å²) in [5.41, 5.74) is 12.1. The van der Waals surface area contributed by atoms with Crippen LogP contribution in [0.4, 0.5) is 18.0 Å². The minimum Gasteiger partial charge on any atom is -0.449 e. The third-order valence-electron chi connectivity index (χ3n) is 8.06. The summed E-state index contributed by atoms with van der Waals surface area (Å²) in [6.45, 7) is 7.58. The van der Waals surface area contributed by atoms with Gasteiger partial charge in [0.05, 0.1) is 12.2 Å². The van der Waals surface area contributed by atoms with E-state index in [1.165, 1.54) is 12.1 Å². The van der Waals surface area contributed by atoms with Gasteiger partial charge in [-0.25, -0.2) is 4.79 Å². The number of primary amides is 1. The molecule has 9 nitrogen and oxygen atoms in total. The fourth-order valence-corrected chi connectivity index (χ4v) is 5.73. The molecule has 12 heteroatoms. The Labute approximate surface area is 241 Å². The number of oxime groups is 1. The number of fused-ring (bicyclic) bond motifs is 1. The molecule has 2 heterocycles. The summed E-state index contributed by atoms with van der Waals surface area (Å²) in [6, 6.07) is 11.7. The largest absolute Gasteiger partial charge is 0.449 e. The lowest BCUT2D eigenvalue weighted by atomic mass is 9.70. The number of piperidine rings is 1. The number of nitrogens with two attached hydrogens (primary N) is 2. The Morgan fingerprint density at radius 1 is 1.05 bits per heavy atom. The van der Waals surface area contributed by atoms with Crippen LogP contribution in [0.25, 0.3) is 10.9 Å². The Bertz CT molecular complexity index is 1470. The van der Waals surface area contributed by atoms with E-state index >= 15 is 0 Å². The average molecular weight is 588 g/mol. The van der Waals surface area contributed by atoms with Gasteiger partial charge in [0.2, 0.25) is 0 Å². The van der Waals surface area contributed by atoms with Gasteiger partial charge in [0.15, 0.2) is 5.84 Å². The van der Waals surface area contributed by atoms with E-state index in [2.05, 4.69) is 25.9 Å². The molecule has 1 aliphatic rings. The second-order valence-corrected chi connectivity index (χ2v) is 11.8. The summed E-state index contributed by atoms with van der Waals surface area (Å²) in [7, 11) is 0. The van der Waals surface area contributed by atoms with E-state index in [4.69, 9.17) is 21.4 Å². The van der Waals surface area contributed by atoms with Crippen molar-refractivity contribution in [1.29, 1.82) is 0 Å². The van der Waals surface area contributed by atoms with Crippen LogP contribution < -0.4 is 11.5 Å². The average Bonchev–Trinajstić information content (AvgIpc) is 3.29. The Kier molecular flexibility index (Phi) is 8.74. The lowest BCUT2D eigenvalue weighted by Gasteiger charge is -2.41. The molecule has 1 saturated heterocycles. The topological polar surface area (TPSA) is 136 Å². The van der Waals surface area contributed by atoms with Crippen LogP contribution in [-0.2, 0) is 17.5 Å². The van der Waals surface area contributed by atoms with Crippen LogP contribution >= 0.6 is 0 Å². The minimum atomic E-state index is -4.46. The lowest BCUT2D eigenvalue weighted by molar-refractivity contribution is -0.137. The number of hydrogen-bond acceptors (Lipinski definition) is 5. The molecular formula is C30H36F3N5O4. The summed E-state index contributed by atoms with van der Waals surface area (Å²) in [5, 5.41) is 12.9. The number of halogens is 3. The van der Waals surface area contributed by atoms with E-state index in [1.54, 1.807) is 33.7 Å². The van der Waals surface area contributed by atoms with Crippen molar-refractivity contribution in [1.82, 2.24) is 9.47 Å². The van der Waals surface area contributed by atoms with Gasteiger partial charge in [0, 0.05) is 42.0 Å². The normalized spacial score (nSPS) is 16.0. The van der Waals surface area contributed by atoms with E-state index in [0.717, 1.165) is 17.5 Å². The molecule has 0 saturated carbocycles. The number of alkyl halides is 3. The molecule has 1 unspecified atom stereocenters. The van der Waals surface area contributed by atoms with E-state index in [1.807, 2.05) is 0 Å². The fourth-order valence-electron chi connectivity index (χ4n) is 5.73. The van der Waals surface area contributed by atoms with Gasteiger partial charge in [-0.2, -0.15) is 13.2 Å². The molecule has 1 atom stereocenters. The highest BCUT2D eigenvalue weighted by atomic mass is 19.4. The maximum Gasteiger partial charge on any atom is 0.416 e.